The van der Waals surface area contributed by atoms with Crippen LogP contribution >= 0.6 is 0 Å². The van der Waals surface area contributed by atoms with E-state index in [0.29, 0.717) is 12.5 Å². The minimum atomic E-state index is 0.208. The second kappa shape index (κ2) is 7.27. The van der Waals surface area contributed by atoms with Crippen LogP contribution in [0.25, 0.3) is 0 Å². The number of hydrogen-bond acceptors (Lipinski definition) is 3. The second-order valence-corrected chi connectivity index (χ2v) is 6.56. The molecule has 3 nitrogen and oxygen atoms in total. The molecule has 24 heavy (non-hydrogen) atoms. The van der Waals surface area contributed by atoms with Gasteiger partial charge in [-0.1, -0.05) is 44.2 Å². The molecule has 1 unspecified atom stereocenters. The molecule has 1 heterocycles. The maximum Gasteiger partial charge on any atom is 0.164 e. The van der Waals surface area contributed by atoms with Crippen LogP contribution < -0.4 is 14.8 Å². The minimum Gasteiger partial charge on any atom is -0.493 e. The summed E-state index contributed by atoms with van der Waals surface area (Å²) in [6.07, 6.45) is 0.961. The van der Waals surface area contributed by atoms with Crippen molar-refractivity contribution in [3.8, 4) is 11.5 Å². The van der Waals surface area contributed by atoms with Crippen LogP contribution in [-0.2, 0) is 6.42 Å². The molecule has 1 aliphatic heterocycles. The highest BCUT2D eigenvalue weighted by Gasteiger charge is 2.26. The Morgan fingerprint density at radius 2 is 1.88 bits per heavy atom. The van der Waals surface area contributed by atoms with Gasteiger partial charge in [0.25, 0.3) is 0 Å². The van der Waals surface area contributed by atoms with Gasteiger partial charge in [0.15, 0.2) is 11.5 Å². The molecule has 0 saturated heterocycles. The normalized spacial score (nSPS) is 16.8. The van der Waals surface area contributed by atoms with E-state index in [2.05, 4.69) is 49.5 Å². The molecular formula is C21H27NO2. The van der Waals surface area contributed by atoms with E-state index in [-0.39, 0.29) is 6.04 Å². The number of hydrogen-bond donors (Lipinski definition) is 1. The summed E-state index contributed by atoms with van der Waals surface area (Å²) >= 11 is 0. The molecular weight excluding hydrogens is 298 g/mol. The number of ether oxygens (including phenoxy) is 2. The van der Waals surface area contributed by atoms with E-state index in [1.54, 1.807) is 7.11 Å². The quantitative estimate of drug-likeness (QED) is 0.881. The maximum absolute atomic E-state index is 5.91. The zero-order valence-corrected chi connectivity index (χ0v) is 15.1. The molecule has 0 spiro atoms. The lowest BCUT2D eigenvalue weighted by molar-refractivity contribution is 0.305. The first-order valence-corrected chi connectivity index (χ1v) is 8.81. The van der Waals surface area contributed by atoms with Crippen LogP contribution in [0.15, 0.2) is 36.4 Å². The number of nitrogens with one attached hydrogen (secondary N) is 1. The Balaban J connectivity index is 2.01. The van der Waals surface area contributed by atoms with Crippen LogP contribution in [-0.4, -0.2) is 20.3 Å². The van der Waals surface area contributed by atoms with Gasteiger partial charge in [-0.15, -0.1) is 0 Å². The third kappa shape index (κ3) is 3.13. The average Bonchev–Trinajstić information content (AvgIpc) is 2.62. The first kappa shape index (κ1) is 16.8. The van der Waals surface area contributed by atoms with Crippen molar-refractivity contribution in [2.45, 2.75) is 39.2 Å². The molecule has 1 N–H and O–H groups in total. The lowest BCUT2D eigenvalue weighted by atomic mass is 9.88. The summed E-state index contributed by atoms with van der Waals surface area (Å²) in [7, 11) is 1.70. The highest BCUT2D eigenvalue weighted by molar-refractivity contribution is 5.54. The van der Waals surface area contributed by atoms with E-state index in [4.69, 9.17) is 9.47 Å². The van der Waals surface area contributed by atoms with Crippen LogP contribution in [0.5, 0.6) is 11.5 Å². The first-order valence-electron chi connectivity index (χ1n) is 8.81. The molecule has 2 aromatic rings. The molecule has 0 aliphatic carbocycles. The number of rotatable bonds is 5. The SMILES string of the molecule is CCOc1c(OC)ccc2c1CCNC2c1ccc(C(C)C)cc1. The van der Waals surface area contributed by atoms with Crippen LogP contribution in [0.2, 0.25) is 0 Å². The van der Waals surface area contributed by atoms with Crippen LogP contribution in [0, 0.1) is 0 Å². The zero-order chi connectivity index (χ0) is 17.1. The van der Waals surface area contributed by atoms with Gasteiger partial charge in [-0.25, -0.2) is 0 Å². The van der Waals surface area contributed by atoms with Crippen molar-refractivity contribution in [2.75, 3.05) is 20.3 Å². The smallest absolute Gasteiger partial charge is 0.164 e. The summed E-state index contributed by atoms with van der Waals surface area (Å²) in [5.74, 6) is 2.29. The van der Waals surface area contributed by atoms with Gasteiger partial charge < -0.3 is 14.8 Å². The van der Waals surface area contributed by atoms with Gasteiger partial charge in [-0.2, -0.15) is 0 Å². The number of methoxy groups -OCH3 is 1. The van der Waals surface area contributed by atoms with Crippen molar-refractivity contribution in [1.82, 2.24) is 5.32 Å². The Morgan fingerprint density at radius 3 is 2.50 bits per heavy atom. The summed E-state index contributed by atoms with van der Waals surface area (Å²) in [5, 5.41) is 3.65. The largest absolute Gasteiger partial charge is 0.493 e. The molecule has 1 atom stereocenters. The Kier molecular flexibility index (Phi) is 5.10. The van der Waals surface area contributed by atoms with Crippen molar-refractivity contribution < 1.29 is 9.47 Å². The molecule has 0 aromatic heterocycles. The van der Waals surface area contributed by atoms with Gasteiger partial charge in [-0.3, -0.25) is 0 Å². The Hall–Kier alpha value is -2.00. The van der Waals surface area contributed by atoms with E-state index >= 15 is 0 Å². The Bertz CT molecular complexity index is 692. The highest BCUT2D eigenvalue weighted by atomic mass is 16.5. The summed E-state index contributed by atoms with van der Waals surface area (Å²) in [5.41, 5.74) is 5.24. The van der Waals surface area contributed by atoms with E-state index in [1.807, 2.05) is 13.0 Å². The molecule has 128 valence electrons. The second-order valence-electron chi connectivity index (χ2n) is 6.56. The van der Waals surface area contributed by atoms with Crippen molar-refractivity contribution in [1.29, 1.82) is 0 Å². The van der Waals surface area contributed by atoms with Crippen LogP contribution in [0.4, 0.5) is 0 Å². The fourth-order valence-electron chi connectivity index (χ4n) is 3.44. The van der Waals surface area contributed by atoms with E-state index in [0.717, 1.165) is 24.5 Å². The molecule has 3 rings (SSSR count). The number of fused-ring (bicyclic) bond motifs is 1. The van der Waals surface area contributed by atoms with Gasteiger partial charge in [0.05, 0.1) is 19.8 Å². The summed E-state index contributed by atoms with van der Waals surface area (Å²) in [6.45, 7) is 8.06. The molecule has 3 heteroatoms. The molecule has 2 aromatic carbocycles. The van der Waals surface area contributed by atoms with Crippen molar-refractivity contribution in [3.63, 3.8) is 0 Å². The van der Waals surface area contributed by atoms with Gasteiger partial charge in [0.2, 0.25) is 0 Å². The summed E-state index contributed by atoms with van der Waals surface area (Å²) in [6, 6.07) is 13.4. The van der Waals surface area contributed by atoms with Crippen LogP contribution in [0.3, 0.4) is 0 Å². The third-order valence-corrected chi connectivity index (χ3v) is 4.74. The fraction of sp³-hybridized carbons (Fsp3) is 0.429. The molecule has 0 amide bonds. The number of benzene rings is 2. The topological polar surface area (TPSA) is 30.5 Å². The third-order valence-electron chi connectivity index (χ3n) is 4.74. The Morgan fingerprint density at radius 1 is 1.12 bits per heavy atom. The standard InChI is InChI=1S/C21H27NO2/c1-5-24-21-18-12-13-22-20(17(18)10-11-19(21)23-4)16-8-6-15(7-9-16)14(2)3/h6-11,14,20,22H,5,12-13H2,1-4H3. The van der Waals surface area contributed by atoms with Crippen molar-refractivity contribution in [3.05, 3.63) is 58.7 Å². The van der Waals surface area contributed by atoms with E-state index < -0.39 is 0 Å². The van der Waals surface area contributed by atoms with Gasteiger partial charge >= 0.3 is 0 Å². The zero-order valence-electron chi connectivity index (χ0n) is 15.1. The van der Waals surface area contributed by atoms with E-state index in [1.165, 1.54) is 22.3 Å². The predicted octanol–water partition coefficient (Wildman–Crippen LogP) is 4.45. The van der Waals surface area contributed by atoms with Crippen LogP contribution in [0.1, 0.15) is 55.0 Å². The van der Waals surface area contributed by atoms with Gasteiger partial charge in [-0.05, 0) is 42.0 Å². The lowest BCUT2D eigenvalue weighted by Crippen LogP contribution is -2.31. The lowest BCUT2D eigenvalue weighted by Gasteiger charge is -2.29. The monoisotopic (exact) mass is 325 g/mol. The minimum absolute atomic E-state index is 0.208. The van der Waals surface area contributed by atoms with Gasteiger partial charge in [0.1, 0.15) is 0 Å². The maximum atomic E-state index is 5.91. The molecule has 0 saturated carbocycles. The molecule has 1 aliphatic rings. The van der Waals surface area contributed by atoms with Gasteiger partial charge in [0, 0.05) is 12.1 Å². The van der Waals surface area contributed by atoms with E-state index in [9.17, 15) is 0 Å². The van der Waals surface area contributed by atoms with Crippen molar-refractivity contribution >= 4 is 0 Å². The molecule has 0 radical (unpaired) electrons. The van der Waals surface area contributed by atoms with Crippen molar-refractivity contribution in [2.24, 2.45) is 0 Å². The predicted molar refractivity (Wildman–Crippen MR) is 98.2 cm³/mol. The highest BCUT2D eigenvalue weighted by Crippen LogP contribution is 2.40. The first-order chi connectivity index (χ1) is 11.7. The summed E-state index contributed by atoms with van der Waals surface area (Å²) in [4.78, 5) is 0. The molecule has 0 bridgehead atoms. The summed E-state index contributed by atoms with van der Waals surface area (Å²) < 4.78 is 11.4. The fourth-order valence-corrected chi connectivity index (χ4v) is 3.44. The average molecular weight is 325 g/mol. The molecule has 0 fully saturated rings. The Labute approximate surface area is 145 Å².